The van der Waals surface area contributed by atoms with Crippen molar-refractivity contribution in [3.8, 4) is 0 Å². The summed E-state index contributed by atoms with van der Waals surface area (Å²) < 4.78 is 5.78. The van der Waals surface area contributed by atoms with Crippen molar-refractivity contribution in [3.63, 3.8) is 0 Å². The molecule has 7 nitrogen and oxygen atoms in total. The maximum atomic E-state index is 12.5. The van der Waals surface area contributed by atoms with Gasteiger partial charge >= 0.3 is 5.97 Å². The van der Waals surface area contributed by atoms with Crippen molar-refractivity contribution in [1.82, 2.24) is 9.88 Å². The van der Waals surface area contributed by atoms with E-state index >= 15 is 0 Å². The van der Waals surface area contributed by atoms with Gasteiger partial charge in [0.1, 0.15) is 5.52 Å². The van der Waals surface area contributed by atoms with Crippen LogP contribution in [0, 0.1) is 11.8 Å². The van der Waals surface area contributed by atoms with E-state index in [2.05, 4.69) is 9.88 Å². The predicted octanol–water partition coefficient (Wildman–Crippen LogP) is 2.22. The number of aromatic nitrogens is 1. The molecule has 2 aromatic rings. The average molecular weight is 345 g/mol. The molecular weight excluding hydrogens is 322 g/mol. The molecule has 3 rings (SSSR count). The van der Waals surface area contributed by atoms with Crippen LogP contribution in [-0.4, -0.2) is 53.5 Å². The van der Waals surface area contributed by atoms with Crippen LogP contribution in [0.1, 0.15) is 19.8 Å². The Morgan fingerprint density at radius 3 is 2.68 bits per heavy atom. The lowest BCUT2D eigenvalue weighted by Gasteiger charge is -2.32. The molecule has 1 saturated heterocycles. The van der Waals surface area contributed by atoms with E-state index in [-0.39, 0.29) is 18.4 Å². The van der Waals surface area contributed by atoms with Crippen LogP contribution in [-0.2, 0) is 9.59 Å². The third-order valence-corrected chi connectivity index (χ3v) is 4.74. The lowest BCUT2D eigenvalue weighted by molar-refractivity contribution is -0.143. The zero-order valence-corrected chi connectivity index (χ0v) is 14.5. The van der Waals surface area contributed by atoms with Crippen LogP contribution in [0.4, 0.5) is 6.01 Å². The van der Waals surface area contributed by atoms with Crippen molar-refractivity contribution in [1.29, 1.82) is 0 Å². The third kappa shape index (κ3) is 3.75. The number of amides is 1. The maximum Gasteiger partial charge on any atom is 0.308 e. The molecule has 134 valence electrons. The van der Waals surface area contributed by atoms with Crippen molar-refractivity contribution in [3.05, 3.63) is 24.3 Å². The van der Waals surface area contributed by atoms with Crippen LogP contribution in [0.25, 0.3) is 11.1 Å². The Labute approximate surface area is 146 Å². The summed E-state index contributed by atoms with van der Waals surface area (Å²) in [5.41, 5.74) is 1.59. The number of carboxylic acid groups (broad SMARTS) is 1. The SMILES string of the molecule is CC(CN(C)C(=O)C1CCN(c2nc3ccccc3o2)CC1)C(=O)O. The molecule has 0 saturated carbocycles. The van der Waals surface area contributed by atoms with Gasteiger partial charge in [0, 0.05) is 32.6 Å². The summed E-state index contributed by atoms with van der Waals surface area (Å²) >= 11 is 0. The van der Waals surface area contributed by atoms with E-state index in [0.717, 1.165) is 11.1 Å². The number of rotatable bonds is 5. The topological polar surface area (TPSA) is 86.9 Å². The fourth-order valence-corrected chi connectivity index (χ4v) is 3.20. The Hall–Kier alpha value is -2.57. The molecule has 1 aromatic carbocycles. The van der Waals surface area contributed by atoms with Gasteiger partial charge in [-0.1, -0.05) is 19.1 Å². The summed E-state index contributed by atoms with van der Waals surface area (Å²) in [6.45, 7) is 3.25. The average Bonchev–Trinajstić information content (AvgIpc) is 3.05. The van der Waals surface area contributed by atoms with E-state index < -0.39 is 11.9 Å². The van der Waals surface area contributed by atoms with Crippen LogP contribution in [0.15, 0.2) is 28.7 Å². The van der Waals surface area contributed by atoms with Gasteiger partial charge in [-0.3, -0.25) is 9.59 Å². The second-order valence-electron chi connectivity index (χ2n) is 6.68. The van der Waals surface area contributed by atoms with Crippen LogP contribution >= 0.6 is 0 Å². The van der Waals surface area contributed by atoms with Gasteiger partial charge in [0.05, 0.1) is 5.92 Å². The van der Waals surface area contributed by atoms with Gasteiger partial charge in [-0.2, -0.15) is 4.98 Å². The molecule has 2 heterocycles. The largest absolute Gasteiger partial charge is 0.481 e. The second kappa shape index (κ2) is 7.13. The number of anilines is 1. The number of piperidine rings is 1. The molecule has 1 fully saturated rings. The zero-order valence-electron chi connectivity index (χ0n) is 14.5. The molecule has 1 aromatic heterocycles. The van der Waals surface area contributed by atoms with Crippen molar-refractivity contribution < 1.29 is 19.1 Å². The van der Waals surface area contributed by atoms with Gasteiger partial charge in [-0.05, 0) is 25.0 Å². The van der Waals surface area contributed by atoms with E-state index in [1.165, 1.54) is 0 Å². The highest BCUT2D eigenvalue weighted by molar-refractivity contribution is 5.80. The minimum Gasteiger partial charge on any atom is -0.481 e. The highest BCUT2D eigenvalue weighted by atomic mass is 16.4. The molecule has 1 N–H and O–H groups in total. The Balaban J connectivity index is 1.57. The molecule has 1 aliphatic heterocycles. The Morgan fingerprint density at radius 1 is 1.36 bits per heavy atom. The number of aliphatic carboxylic acids is 1. The third-order valence-electron chi connectivity index (χ3n) is 4.74. The van der Waals surface area contributed by atoms with Crippen molar-refractivity contribution in [2.45, 2.75) is 19.8 Å². The van der Waals surface area contributed by atoms with E-state index in [1.54, 1.807) is 18.9 Å². The lowest BCUT2D eigenvalue weighted by Crippen LogP contribution is -2.43. The van der Waals surface area contributed by atoms with E-state index in [0.29, 0.717) is 31.9 Å². The van der Waals surface area contributed by atoms with Crippen LogP contribution in [0.5, 0.6) is 0 Å². The van der Waals surface area contributed by atoms with Crippen molar-refractivity contribution in [2.75, 3.05) is 31.6 Å². The first-order chi connectivity index (χ1) is 12.0. The normalized spacial score (nSPS) is 16.8. The molecule has 0 spiro atoms. The molecule has 25 heavy (non-hydrogen) atoms. The van der Waals surface area contributed by atoms with E-state index in [4.69, 9.17) is 9.52 Å². The first-order valence-corrected chi connectivity index (χ1v) is 8.54. The molecule has 7 heteroatoms. The van der Waals surface area contributed by atoms with Gasteiger partial charge in [0.25, 0.3) is 6.01 Å². The highest BCUT2D eigenvalue weighted by Gasteiger charge is 2.30. The van der Waals surface area contributed by atoms with Crippen molar-refractivity contribution in [2.24, 2.45) is 11.8 Å². The first-order valence-electron chi connectivity index (χ1n) is 8.54. The Morgan fingerprint density at radius 2 is 2.04 bits per heavy atom. The predicted molar refractivity (Wildman–Crippen MR) is 93.4 cm³/mol. The fourth-order valence-electron chi connectivity index (χ4n) is 3.20. The molecule has 1 amide bonds. The highest BCUT2D eigenvalue weighted by Crippen LogP contribution is 2.27. The number of hydrogen-bond acceptors (Lipinski definition) is 5. The number of carboxylic acids is 1. The van der Waals surface area contributed by atoms with E-state index in [9.17, 15) is 9.59 Å². The van der Waals surface area contributed by atoms with E-state index in [1.807, 2.05) is 24.3 Å². The summed E-state index contributed by atoms with van der Waals surface area (Å²) in [6, 6.07) is 8.24. The number of nitrogens with zero attached hydrogens (tertiary/aromatic N) is 3. The van der Waals surface area contributed by atoms with Gasteiger partial charge < -0.3 is 19.3 Å². The monoisotopic (exact) mass is 345 g/mol. The number of carbonyl (C=O) groups excluding carboxylic acids is 1. The second-order valence-corrected chi connectivity index (χ2v) is 6.68. The summed E-state index contributed by atoms with van der Waals surface area (Å²) in [4.78, 5) is 31.6. The minimum atomic E-state index is -0.884. The molecular formula is C18H23N3O4. The number of fused-ring (bicyclic) bond motifs is 1. The van der Waals surface area contributed by atoms with Gasteiger partial charge in [-0.25, -0.2) is 0 Å². The molecule has 0 bridgehead atoms. The van der Waals surface area contributed by atoms with Crippen LogP contribution in [0.3, 0.4) is 0 Å². The van der Waals surface area contributed by atoms with Gasteiger partial charge in [-0.15, -0.1) is 0 Å². The number of hydrogen-bond donors (Lipinski definition) is 1. The number of para-hydroxylation sites is 2. The molecule has 1 unspecified atom stereocenters. The fraction of sp³-hybridized carbons (Fsp3) is 0.500. The summed E-state index contributed by atoms with van der Waals surface area (Å²) in [5.74, 6) is -1.50. The molecule has 1 aliphatic rings. The van der Waals surface area contributed by atoms with Gasteiger partial charge in [0.2, 0.25) is 5.91 Å². The molecule has 0 aliphatic carbocycles. The maximum absolute atomic E-state index is 12.5. The Bertz CT molecular complexity index is 732. The standard InChI is InChI=1S/C18H23N3O4/c1-12(17(23)24)11-20(2)16(22)13-7-9-21(10-8-13)18-19-14-5-3-4-6-15(14)25-18/h3-6,12-13H,7-11H2,1-2H3,(H,23,24). The summed E-state index contributed by atoms with van der Waals surface area (Å²) in [7, 11) is 1.68. The minimum absolute atomic E-state index is 0.0188. The quantitative estimate of drug-likeness (QED) is 0.894. The summed E-state index contributed by atoms with van der Waals surface area (Å²) in [6.07, 6.45) is 1.42. The van der Waals surface area contributed by atoms with Gasteiger partial charge in [0.15, 0.2) is 5.58 Å². The van der Waals surface area contributed by atoms with Crippen molar-refractivity contribution >= 4 is 29.0 Å². The summed E-state index contributed by atoms with van der Waals surface area (Å²) in [5, 5.41) is 8.98. The first kappa shape index (κ1) is 17.3. The lowest BCUT2D eigenvalue weighted by atomic mass is 9.95. The number of oxazole rings is 1. The number of carbonyl (C=O) groups is 2. The van der Waals surface area contributed by atoms with Crippen LogP contribution < -0.4 is 4.90 Å². The molecule has 1 atom stereocenters. The number of benzene rings is 1. The zero-order chi connectivity index (χ0) is 18.0. The smallest absolute Gasteiger partial charge is 0.308 e. The van der Waals surface area contributed by atoms with Crippen LogP contribution in [0.2, 0.25) is 0 Å². The molecule has 0 radical (unpaired) electrons. The Kier molecular flexibility index (Phi) is 4.92.